The van der Waals surface area contributed by atoms with Gasteiger partial charge in [-0.3, -0.25) is 9.59 Å². The summed E-state index contributed by atoms with van der Waals surface area (Å²) in [5, 5.41) is 23.1. The highest BCUT2D eigenvalue weighted by molar-refractivity contribution is 6.43. The molecule has 4 rings (SSSR count). The number of fused-ring (bicyclic) bond motifs is 1. The molecule has 2 atom stereocenters. The van der Waals surface area contributed by atoms with E-state index >= 15 is 0 Å². The summed E-state index contributed by atoms with van der Waals surface area (Å²) in [7, 11) is -1.68. The van der Waals surface area contributed by atoms with Crippen molar-refractivity contribution in [3.63, 3.8) is 0 Å². The minimum absolute atomic E-state index is 0.0810. The second kappa shape index (κ2) is 7.26. The predicted octanol–water partition coefficient (Wildman–Crippen LogP) is 1.45. The van der Waals surface area contributed by atoms with Crippen LogP contribution in [0.4, 0.5) is 0 Å². The van der Waals surface area contributed by atoms with Crippen LogP contribution in [0.5, 0.6) is 0 Å². The molecule has 2 saturated carbocycles. The maximum Gasteiger partial charge on any atom is 0.475 e. The monoisotopic (exact) mass is 385 g/mol. The van der Waals surface area contributed by atoms with Crippen molar-refractivity contribution in [3.8, 4) is 0 Å². The second-order valence-corrected chi connectivity index (χ2v) is 7.97. The number of furan rings is 1. The molecule has 0 saturated heterocycles. The lowest BCUT2D eigenvalue weighted by Crippen LogP contribution is -2.52. The van der Waals surface area contributed by atoms with Crippen LogP contribution in [0.1, 0.15) is 31.7 Å². The lowest BCUT2D eigenvalue weighted by atomic mass is 9.69. The number of para-hydroxylation sites is 1. The molecule has 28 heavy (non-hydrogen) atoms. The Morgan fingerprint density at radius 2 is 2.07 bits per heavy atom. The second-order valence-electron chi connectivity index (χ2n) is 7.97. The summed E-state index contributed by atoms with van der Waals surface area (Å²) < 4.78 is 10.6. The smallest absolute Gasteiger partial charge is 0.466 e. The molecule has 0 bridgehead atoms. The molecule has 1 aromatic heterocycles. The van der Waals surface area contributed by atoms with E-state index in [0.29, 0.717) is 19.4 Å². The molecule has 2 aliphatic carbocycles. The van der Waals surface area contributed by atoms with Gasteiger partial charge in [-0.15, -0.1) is 0 Å². The predicted molar refractivity (Wildman–Crippen MR) is 102 cm³/mol. The van der Waals surface area contributed by atoms with Crippen LogP contribution in [-0.2, 0) is 20.7 Å². The summed E-state index contributed by atoms with van der Waals surface area (Å²) in [5.74, 6) is -1.50. The van der Waals surface area contributed by atoms with E-state index in [-0.39, 0.29) is 35.5 Å². The molecule has 148 valence electrons. The van der Waals surface area contributed by atoms with E-state index in [1.807, 2.05) is 24.3 Å². The molecule has 3 N–H and O–H groups in total. The number of benzene rings is 1. The maximum atomic E-state index is 12.6. The van der Waals surface area contributed by atoms with E-state index in [4.69, 9.17) is 9.15 Å². The van der Waals surface area contributed by atoms with Gasteiger partial charge >= 0.3 is 13.1 Å². The first-order valence-electron chi connectivity index (χ1n) is 9.72. The van der Waals surface area contributed by atoms with Gasteiger partial charge in [0.15, 0.2) is 0 Å². The van der Waals surface area contributed by atoms with Gasteiger partial charge in [-0.2, -0.15) is 0 Å². The molecule has 7 nitrogen and oxygen atoms in total. The van der Waals surface area contributed by atoms with E-state index < -0.39 is 13.1 Å². The Labute approximate surface area is 163 Å². The van der Waals surface area contributed by atoms with Gasteiger partial charge in [0.05, 0.1) is 24.7 Å². The summed E-state index contributed by atoms with van der Waals surface area (Å²) in [5.41, 5.74) is 1.45. The molecular formula is C20H24BNO6. The van der Waals surface area contributed by atoms with Gasteiger partial charge in [0, 0.05) is 11.3 Å². The topological polar surface area (TPSA) is 109 Å². The number of amides is 1. The lowest BCUT2D eigenvalue weighted by Gasteiger charge is -2.36. The third-order valence-electron chi connectivity index (χ3n) is 6.13. The van der Waals surface area contributed by atoms with Gasteiger partial charge in [0.2, 0.25) is 5.91 Å². The Morgan fingerprint density at radius 1 is 1.32 bits per heavy atom. The third-order valence-corrected chi connectivity index (χ3v) is 6.13. The summed E-state index contributed by atoms with van der Waals surface area (Å²) in [4.78, 5) is 24.4. The Balaban J connectivity index is 1.35. The SMILES string of the molecule is CCOC(=O)C1CC12CC(C(=O)N[C@@H](Cc1coc3ccccc13)B(O)O)C2. The summed E-state index contributed by atoms with van der Waals surface area (Å²) in [6.07, 6.45) is 3.90. The van der Waals surface area contributed by atoms with Crippen LogP contribution < -0.4 is 5.32 Å². The normalized spacial score (nSPS) is 26.5. The summed E-state index contributed by atoms with van der Waals surface area (Å²) in [6.45, 7) is 2.15. The fourth-order valence-corrected chi connectivity index (χ4v) is 4.44. The molecule has 0 radical (unpaired) electrons. The molecule has 1 heterocycles. The van der Waals surface area contributed by atoms with E-state index in [1.165, 1.54) is 0 Å². The first-order chi connectivity index (χ1) is 13.4. The van der Waals surface area contributed by atoms with Crippen LogP contribution in [-0.4, -0.2) is 41.6 Å². The average molecular weight is 385 g/mol. The molecule has 1 spiro atoms. The zero-order valence-electron chi connectivity index (χ0n) is 15.8. The molecule has 1 aromatic carbocycles. The van der Waals surface area contributed by atoms with Gasteiger partial charge in [0.1, 0.15) is 5.58 Å². The highest BCUT2D eigenvalue weighted by atomic mass is 16.5. The number of esters is 1. The Hall–Kier alpha value is -2.32. The molecule has 2 aliphatic rings. The number of hydrogen-bond acceptors (Lipinski definition) is 6. The number of nitrogens with one attached hydrogen (secondary N) is 1. The fourth-order valence-electron chi connectivity index (χ4n) is 4.44. The molecule has 8 heteroatoms. The van der Waals surface area contributed by atoms with Crippen LogP contribution in [0, 0.1) is 17.3 Å². The zero-order valence-corrected chi connectivity index (χ0v) is 15.8. The Kier molecular flexibility index (Phi) is 4.93. The summed E-state index contributed by atoms with van der Waals surface area (Å²) in [6, 6.07) is 7.48. The van der Waals surface area contributed by atoms with Crippen molar-refractivity contribution >= 4 is 30.0 Å². The van der Waals surface area contributed by atoms with Crippen molar-refractivity contribution in [1.82, 2.24) is 5.32 Å². The lowest BCUT2D eigenvalue weighted by molar-refractivity contribution is -0.147. The number of ether oxygens (including phenoxy) is 1. The van der Waals surface area contributed by atoms with Crippen molar-refractivity contribution in [2.24, 2.45) is 17.3 Å². The number of hydrogen-bond donors (Lipinski definition) is 3. The van der Waals surface area contributed by atoms with Crippen molar-refractivity contribution in [2.75, 3.05) is 6.61 Å². The quantitative estimate of drug-likeness (QED) is 0.492. The van der Waals surface area contributed by atoms with Crippen molar-refractivity contribution in [3.05, 3.63) is 36.1 Å². The fraction of sp³-hybridized carbons (Fsp3) is 0.500. The number of carbonyl (C=O) groups is 2. The molecule has 1 amide bonds. The highest BCUT2D eigenvalue weighted by Crippen LogP contribution is 2.68. The van der Waals surface area contributed by atoms with E-state index in [0.717, 1.165) is 23.0 Å². The minimum Gasteiger partial charge on any atom is -0.466 e. The van der Waals surface area contributed by atoms with Crippen LogP contribution >= 0.6 is 0 Å². The Bertz CT molecular complexity index is 888. The molecule has 0 aliphatic heterocycles. The van der Waals surface area contributed by atoms with Gasteiger partial charge in [-0.05, 0) is 49.7 Å². The van der Waals surface area contributed by atoms with Gasteiger partial charge in [0.25, 0.3) is 0 Å². The van der Waals surface area contributed by atoms with Gasteiger partial charge in [-0.25, -0.2) is 0 Å². The molecule has 2 aromatic rings. The Morgan fingerprint density at radius 3 is 2.79 bits per heavy atom. The first kappa shape index (κ1) is 19.0. The zero-order chi connectivity index (χ0) is 19.9. The van der Waals surface area contributed by atoms with Gasteiger partial charge < -0.3 is 24.5 Å². The maximum absolute atomic E-state index is 12.6. The standard InChI is InChI=1S/C20H24BNO6/c1-2-27-19(24)15-10-20(15)8-13(9-20)18(23)22-17(21(25)26)7-12-11-28-16-6-4-3-5-14(12)16/h3-6,11,13,15,17,25-26H,2,7-10H2,1H3,(H,22,23)/t13?,15?,17-,20?/m0/s1. The van der Waals surface area contributed by atoms with E-state index in [9.17, 15) is 19.6 Å². The van der Waals surface area contributed by atoms with Gasteiger partial charge in [-0.1, -0.05) is 18.2 Å². The molecule has 2 fully saturated rings. The number of carbonyl (C=O) groups excluding carboxylic acids is 2. The third kappa shape index (κ3) is 3.42. The first-order valence-corrected chi connectivity index (χ1v) is 9.72. The van der Waals surface area contributed by atoms with E-state index in [1.54, 1.807) is 13.2 Å². The minimum atomic E-state index is -1.68. The molecular weight excluding hydrogens is 361 g/mol. The average Bonchev–Trinajstić information content (AvgIpc) is 3.28. The highest BCUT2D eigenvalue weighted by Gasteiger charge is 2.66. The van der Waals surface area contributed by atoms with Crippen molar-refractivity contribution in [1.29, 1.82) is 0 Å². The summed E-state index contributed by atoms with van der Waals surface area (Å²) >= 11 is 0. The van der Waals surface area contributed by atoms with Crippen LogP contribution in [0.25, 0.3) is 11.0 Å². The van der Waals surface area contributed by atoms with Crippen molar-refractivity contribution < 1.29 is 28.8 Å². The van der Waals surface area contributed by atoms with Crippen LogP contribution in [0.3, 0.4) is 0 Å². The molecule has 1 unspecified atom stereocenters. The van der Waals surface area contributed by atoms with Crippen molar-refractivity contribution in [2.45, 2.75) is 38.5 Å². The van der Waals surface area contributed by atoms with Crippen LogP contribution in [0.2, 0.25) is 0 Å². The van der Waals surface area contributed by atoms with Crippen LogP contribution in [0.15, 0.2) is 34.9 Å². The largest absolute Gasteiger partial charge is 0.475 e. The number of rotatable bonds is 7. The van der Waals surface area contributed by atoms with E-state index in [2.05, 4.69) is 5.32 Å².